The molecule has 0 aliphatic heterocycles. The van der Waals surface area contributed by atoms with Crippen LogP contribution < -0.4 is 5.32 Å². The Balaban J connectivity index is 1.47. The van der Waals surface area contributed by atoms with Crippen molar-refractivity contribution in [2.24, 2.45) is 0 Å². The molecule has 0 bridgehead atoms. The summed E-state index contributed by atoms with van der Waals surface area (Å²) in [7, 11) is 0. The van der Waals surface area contributed by atoms with E-state index in [1.54, 1.807) is 0 Å². The van der Waals surface area contributed by atoms with Gasteiger partial charge in [-0.1, -0.05) is 66.2 Å². The lowest BCUT2D eigenvalue weighted by Crippen LogP contribution is -2.35. The van der Waals surface area contributed by atoms with Gasteiger partial charge in [0.1, 0.15) is 13.2 Å². The molecule has 1 aliphatic rings. The number of nitrogens with zero attached hydrogens (tertiary/aromatic N) is 1. The van der Waals surface area contributed by atoms with Crippen molar-refractivity contribution in [3.8, 4) is 11.1 Å². The quantitative estimate of drug-likeness (QED) is 0.411. The third-order valence-corrected chi connectivity index (χ3v) is 6.09. The fraction of sp³-hybridized carbons (Fsp3) is 0.148. The minimum atomic E-state index is -1.15. The molecule has 0 saturated heterocycles. The highest BCUT2D eigenvalue weighted by molar-refractivity contribution is 6.33. The highest BCUT2D eigenvalue weighted by Crippen LogP contribution is 2.44. The largest absolute Gasteiger partial charge is 0.480 e. The van der Waals surface area contributed by atoms with Gasteiger partial charge in [0.05, 0.1) is 10.7 Å². The lowest BCUT2D eigenvalue weighted by molar-refractivity contribution is -0.137. The van der Waals surface area contributed by atoms with Gasteiger partial charge in [-0.05, 0) is 40.5 Å². The molecule has 0 unspecified atom stereocenters. The van der Waals surface area contributed by atoms with Crippen LogP contribution in [-0.4, -0.2) is 47.7 Å². The molecule has 1 aliphatic carbocycles. The van der Waals surface area contributed by atoms with Crippen molar-refractivity contribution >= 4 is 35.3 Å². The molecule has 2 N–H and O–H groups in total. The van der Waals surface area contributed by atoms with Gasteiger partial charge in [0.2, 0.25) is 0 Å². The van der Waals surface area contributed by atoms with E-state index in [0.717, 1.165) is 27.2 Å². The highest BCUT2D eigenvalue weighted by atomic mass is 35.5. The van der Waals surface area contributed by atoms with Gasteiger partial charge < -0.3 is 14.7 Å². The summed E-state index contributed by atoms with van der Waals surface area (Å²) in [5.74, 6) is -1.77. The molecule has 0 aromatic heterocycles. The number of ether oxygens (including phenoxy) is 1. The van der Waals surface area contributed by atoms with E-state index in [0.29, 0.717) is 0 Å². The molecule has 4 rings (SSSR count). The second-order valence-electron chi connectivity index (χ2n) is 8.01. The molecule has 0 heterocycles. The number of carbonyl (C=O) groups is 3. The monoisotopic (exact) mass is 490 g/mol. The Morgan fingerprint density at radius 3 is 2.26 bits per heavy atom. The number of carbonyl (C=O) groups excluding carboxylic acids is 2. The number of fused-ring (bicyclic) bond motifs is 3. The summed E-state index contributed by atoms with van der Waals surface area (Å²) in [5, 5.41) is 11.9. The minimum absolute atomic E-state index is 0.0584. The molecule has 0 saturated carbocycles. The number of halogens is 1. The van der Waals surface area contributed by atoms with Crippen molar-refractivity contribution in [2.75, 3.05) is 25.0 Å². The lowest BCUT2D eigenvalue weighted by atomic mass is 9.98. The van der Waals surface area contributed by atoms with E-state index < -0.39 is 24.5 Å². The van der Waals surface area contributed by atoms with Crippen LogP contribution >= 0.6 is 11.6 Å². The molecule has 3 aromatic rings. The van der Waals surface area contributed by atoms with E-state index in [4.69, 9.17) is 21.4 Å². The predicted molar refractivity (Wildman–Crippen MR) is 134 cm³/mol. The first-order valence-electron chi connectivity index (χ1n) is 10.9. The summed E-state index contributed by atoms with van der Waals surface area (Å²) in [6, 6.07) is 20.4. The number of carboxylic acids is 1. The third kappa shape index (κ3) is 5.20. The summed E-state index contributed by atoms with van der Waals surface area (Å²) >= 11 is 6.23. The van der Waals surface area contributed by atoms with E-state index in [1.807, 2.05) is 36.4 Å². The van der Waals surface area contributed by atoms with Crippen molar-refractivity contribution in [3.05, 3.63) is 101 Å². The molecule has 178 valence electrons. The maximum absolute atomic E-state index is 12.8. The molecular weight excluding hydrogens is 468 g/mol. The zero-order valence-electron chi connectivity index (χ0n) is 18.7. The summed E-state index contributed by atoms with van der Waals surface area (Å²) in [5.41, 5.74) is 4.78. The van der Waals surface area contributed by atoms with Crippen LogP contribution in [0.25, 0.3) is 11.1 Å². The second kappa shape index (κ2) is 10.4. The second-order valence-corrected chi connectivity index (χ2v) is 8.42. The normalized spacial score (nSPS) is 11.8. The molecule has 0 fully saturated rings. The van der Waals surface area contributed by atoms with Gasteiger partial charge in [-0.3, -0.25) is 14.9 Å². The van der Waals surface area contributed by atoms with Gasteiger partial charge in [0.15, 0.2) is 0 Å². The van der Waals surface area contributed by atoms with Crippen LogP contribution in [0.2, 0.25) is 5.02 Å². The Labute approximate surface area is 207 Å². The third-order valence-electron chi connectivity index (χ3n) is 5.76. The fourth-order valence-corrected chi connectivity index (χ4v) is 4.38. The Morgan fingerprint density at radius 1 is 1.03 bits per heavy atom. The summed E-state index contributed by atoms with van der Waals surface area (Å²) < 4.78 is 5.54. The molecule has 2 amide bonds. The maximum Gasteiger partial charge on any atom is 0.411 e. The predicted octanol–water partition coefficient (Wildman–Crippen LogP) is 5.41. The van der Waals surface area contributed by atoms with Gasteiger partial charge in [0.25, 0.3) is 5.91 Å². The Kier molecular flexibility index (Phi) is 7.17. The number of anilines is 1. The van der Waals surface area contributed by atoms with E-state index >= 15 is 0 Å². The number of hydrogen-bond acceptors (Lipinski definition) is 4. The van der Waals surface area contributed by atoms with Gasteiger partial charge in [-0.25, -0.2) is 4.79 Å². The first-order chi connectivity index (χ1) is 16.9. The maximum atomic E-state index is 12.8. The summed E-state index contributed by atoms with van der Waals surface area (Å²) in [4.78, 5) is 37.6. The Hall–Kier alpha value is -4.10. The summed E-state index contributed by atoms with van der Waals surface area (Å²) in [6.45, 7) is 3.26. The number of amides is 2. The van der Waals surface area contributed by atoms with E-state index in [-0.39, 0.29) is 35.3 Å². The Bertz CT molecular complexity index is 1260. The minimum Gasteiger partial charge on any atom is -0.480 e. The van der Waals surface area contributed by atoms with Crippen LogP contribution in [0.3, 0.4) is 0 Å². The molecule has 8 heteroatoms. The molecular formula is C27H23ClN2O5. The van der Waals surface area contributed by atoms with Crippen LogP contribution in [-0.2, 0) is 9.53 Å². The van der Waals surface area contributed by atoms with Crippen LogP contribution in [0.15, 0.2) is 79.4 Å². The Morgan fingerprint density at radius 2 is 1.66 bits per heavy atom. The van der Waals surface area contributed by atoms with Gasteiger partial charge in [-0.2, -0.15) is 0 Å². The van der Waals surface area contributed by atoms with Crippen molar-refractivity contribution in [3.63, 3.8) is 0 Å². The van der Waals surface area contributed by atoms with Crippen LogP contribution in [0.5, 0.6) is 0 Å². The van der Waals surface area contributed by atoms with Gasteiger partial charge >= 0.3 is 12.1 Å². The number of rotatable bonds is 8. The highest BCUT2D eigenvalue weighted by Gasteiger charge is 2.29. The van der Waals surface area contributed by atoms with E-state index in [9.17, 15) is 14.4 Å². The summed E-state index contributed by atoms with van der Waals surface area (Å²) in [6.07, 6.45) is 0.721. The number of aliphatic carboxylic acids is 1. The molecule has 0 atom stereocenters. The fourth-order valence-electron chi connectivity index (χ4n) is 4.22. The molecule has 35 heavy (non-hydrogen) atoms. The average Bonchev–Trinajstić information content (AvgIpc) is 3.17. The van der Waals surface area contributed by atoms with Crippen LogP contribution in [0, 0.1) is 0 Å². The zero-order valence-corrected chi connectivity index (χ0v) is 19.5. The average molecular weight is 491 g/mol. The zero-order chi connectivity index (χ0) is 24.9. The van der Waals surface area contributed by atoms with Gasteiger partial charge in [0, 0.05) is 18.0 Å². The first kappa shape index (κ1) is 24.0. The van der Waals surface area contributed by atoms with Crippen LogP contribution in [0.1, 0.15) is 27.4 Å². The molecule has 7 nitrogen and oxygen atoms in total. The smallest absolute Gasteiger partial charge is 0.411 e. The van der Waals surface area contributed by atoms with E-state index in [1.165, 1.54) is 24.3 Å². The number of carboxylic acid groups (broad SMARTS) is 1. The van der Waals surface area contributed by atoms with Crippen molar-refractivity contribution < 1.29 is 24.2 Å². The van der Waals surface area contributed by atoms with Gasteiger partial charge in [-0.15, -0.1) is 6.58 Å². The van der Waals surface area contributed by atoms with E-state index in [2.05, 4.69) is 24.0 Å². The topological polar surface area (TPSA) is 95.9 Å². The first-order valence-corrected chi connectivity index (χ1v) is 11.3. The molecule has 0 radical (unpaired) electrons. The molecule has 0 spiro atoms. The standard InChI is InChI=1S/C27H23ClN2O5/c1-2-13-30(15-25(31)32)26(33)17-11-12-23(28)24(14-17)29-27(34)35-16-22-20-9-5-3-7-18(20)19-8-4-6-10-21(19)22/h2-12,14,22H,1,13,15-16H2,(H,29,34)(H,31,32). The van der Waals surface area contributed by atoms with Crippen molar-refractivity contribution in [2.45, 2.75) is 5.92 Å². The van der Waals surface area contributed by atoms with Crippen molar-refractivity contribution in [1.29, 1.82) is 0 Å². The van der Waals surface area contributed by atoms with Crippen LogP contribution in [0.4, 0.5) is 10.5 Å². The lowest BCUT2D eigenvalue weighted by Gasteiger charge is -2.19. The number of nitrogens with one attached hydrogen (secondary N) is 1. The SMILES string of the molecule is C=CCN(CC(=O)O)C(=O)c1ccc(Cl)c(NC(=O)OCC2c3ccccc3-c3ccccc32)c1. The number of hydrogen-bond donors (Lipinski definition) is 2. The van der Waals surface area contributed by atoms with Crippen molar-refractivity contribution in [1.82, 2.24) is 4.90 Å². The molecule has 3 aromatic carbocycles. The number of benzene rings is 3.